The molecule has 0 aliphatic rings. The van der Waals surface area contributed by atoms with Crippen LogP contribution in [0.25, 0.3) is 0 Å². The highest BCUT2D eigenvalue weighted by Gasteiger charge is 2.33. The summed E-state index contributed by atoms with van der Waals surface area (Å²) in [5, 5.41) is 5.67. The Bertz CT molecular complexity index is 709. The molecule has 124 valence electrons. The van der Waals surface area contributed by atoms with Gasteiger partial charge >= 0.3 is 6.18 Å². The van der Waals surface area contributed by atoms with Gasteiger partial charge in [0.2, 0.25) is 5.91 Å². The predicted molar refractivity (Wildman–Crippen MR) is 72.0 cm³/mol. The van der Waals surface area contributed by atoms with Crippen molar-refractivity contribution >= 4 is 11.6 Å². The Morgan fingerprint density at radius 1 is 1.30 bits per heavy atom. The molecule has 0 fully saturated rings. The number of hydrogen-bond donors (Lipinski definition) is 1. The van der Waals surface area contributed by atoms with Crippen LogP contribution in [-0.2, 0) is 17.5 Å². The van der Waals surface area contributed by atoms with E-state index in [0.29, 0.717) is 5.69 Å². The number of nitrogens with one attached hydrogen (secondary N) is 1. The molecule has 0 aliphatic heterocycles. The van der Waals surface area contributed by atoms with Gasteiger partial charge in [-0.1, -0.05) is 12.1 Å². The summed E-state index contributed by atoms with van der Waals surface area (Å²) in [6.07, 6.45) is -7.40. The lowest BCUT2D eigenvalue weighted by molar-refractivity contribution is -0.137. The first-order chi connectivity index (χ1) is 10.7. The van der Waals surface area contributed by atoms with E-state index in [9.17, 15) is 26.7 Å². The van der Waals surface area contributed by atoms with E-state index in [1.165, 1.54) is 19.1 Å². The Labute approximate surface area is 127 Å². The molecular formula is C14H12F5N3O. The zero-order valence-electron chi connectivity index (χ0n) is 11.9. The maximum atomic E-state index is 12.8. The first-order valence-corrected chi connectivity index (χ1v) is 6.47. The van der Waals surface area contributed by atoms with Crippen molar-refractivity contribution in [3.8, 4) is 0 Å². The quantitative estimate of drug-likeness (QED) is 0.866. The number of hydrogen-bond acceptors (Lipinski definition) is 2. The highest BCUT2D eigenvalue weighted by Crippen LogP contribution is 2.34. The lowest BCUT2D eigenvalue weighted by Crippen LogP contribution is -2.22. The van der Waals surface area contributed by atoms with Crippen LogP contribution in [0.4, 0.5) is 27.6 Å². The van der Waals surface area contributed by atoms with Crippen molar-refractivity contribution in [1.29, 1.82) is 0 Å². The van der Waals surface area contributed by atoms with Crippen LogP contribution in [0.2, 0.25) is 0 Å². The van der Waals surface area contributed by atoms with E-state index >= 15 is 0 Å². The van der Waals surface area contributed by atoms with Gasteiger partial charge in [0.05, 0.1) is 11.3 Å². The summed E-state index contributed by atoms with van der Waals surface area (Å²) in [7, 11) is 0. The Balaban J connectivity index is 2.15. The maximum Gasteiger partial charge on any atom is 0.418 e. The van der Waals surface area contributed by atoms with Crippen LogP contribution in [0.5, 0.6) is 0 Å². The molecule has 0 saturated heterocycles. The highest BCUT2D eigenvalue weighted by molar-refractivity contribution is 5.91. The number of para-hydroxylation sites is 1. The Morgan fingerprint density at radius 3 is 2.52 bits per heavy atom. The number of alkyl halides is 5. The lowest BCUT2D eigenvalue weighted by atomic mass is 10.1. The van der Waals surface area contributed by atoms with Crippen molar-refractivity contribution in [2.75, 3.05) is 5.32 Å². The minimum Gasteiger partial charge on any atom is -0.324 e. The molecule has 0 saturated carbocycles. The molecule has 4 nitrogen and oxygen atoms in total. The van der Waals surface area contributed by atoms with Gasteiger partial charge < -0.3 is 5.32 Å². The van der Waals surface area contributed by atoms with Crippen molar-refractivity contribution in [1.82, 2.24) is 9.78 Å². The van der Waals surface area contributed by atoms with Crippen molar-refractivity contribution in [3.63, 3.8) is 0 Å². The molecule has 0 atom stereocenters. The van der Waals surface area contributed by atoms with Gasteiger partial charge in [0, 0.05) is 5.69 Å². The second kappa shape index (κ2) is 6.35. The minimum atomic E-state index is -4.62. The number of aromatic nitrogens is 2. The molecule has 1 aromatic heterocycles. The smallest absolute Gasteiger partial charge is 0.324 e. The monoisotopic (exact) mass is 333 g/mol. The van der Waals surface area contributed by atoms with E-state index in [0.717, 1.165) is 22.9 Å². The third-order valence-electron chi connectivity index (χ3n) is 3.02. The standard InChI is InChI=1S/C14H12F5N3O/c1-8-6-11(13(15)16)21-22(8)7-12(23)20-10-5-3-2-4-9(10)14(17,18)19/h2-6,13H,7H2,1H3,(H,20,23). The number of amides is 1. The molecule has 1 amide bonds. The van der Waals surface area contributed by atoms with E-state index in [4.69, 9.17) is 0 Å². The number of rotatable bonds is 4. The number of anilines is 1. The first-order valence-electron chi connectivity index (χ1n) is 6.47. The third-order valence-corrected chi connectivity index (χ3v) is 3.02. The SMILES string of the molecule is Cc1cc(C(F)F)nn1CC(=O)Nc1ccccc1C(F)(F)F. The second-order valence-electron chi connectivity index (χ2n) is 4.76. The van der Waals surface area contributed by atoms with Crippen LogP contribution in [0, 0.1) is 6.92 Å². The van der Waals surface area contributed by atoms with Gasteiger partial charge in [0.1, 0.15) is 12.2 Å². The maximum absolute atomic E-state index is 12.8. The number of carbonyl (C=O) groups excluding carboxylic acids is 1. The van der Waals surface area contributed by atoms with Gasteiger partial charge in [0.25, 0.3) is 6.43 Å². The zero-order chi connectivity index (χ0) is 17.2. The highest BCUT2D eigenvalue weighted by atomic mass is 19.4. The van der Waals surface area contributed by atoms with Crippen molar-refractivity contribution in [3.05, 3.63) is 47.3 Å². The van der Waals surface area contributed by atoms with E-state index in [1.54, 1.807) is 0 Å². The summed E-state index contributed by atoms with van der Waals surface area (Å²) < 4.78 is 64.6. The van der Waals surface area contributed by atoms with E-state index in [2.05, 4.69) is 10.4 Å². The summed E-state index contributed by atoms with van der Waals surface area (Å²) in [6.45, 7) is 1.00. The Hall–Kier alpha value is -2.45. The summed E-state index contributed by atoms with van der Waals surface area (Å²) in [5.41, 5.74) is -1.58. The van der Waals surface area contributed by atoms with Crippen LogP contribution in [0.3, 0.4) is 0 Å². The molecule has 1 N–H and O–H groups in total. The summed E-state index contributed by atoms with van der Waals surface area (Å²) in [6, 6.07) is 5.61. The van der Waals surface area contributed by atoms with Crippen LogP contribution < -0.4 is 5.32 Å². The Kier molecular flexibility index (Phi) is 4.67. The molecule has 1 heterocycles. The van der Waals surface area contributed by atoms with Crippen molar-refractivity contribution in [2.24, 2.45) is 0 Å². The minimum absolute atomic E-state index is 0.305. The number of benzene rings is 1. The van der Waals surface area contributed by atoms with Crippen LogP contribution in [0.1, 0.15) is 23.4 Å². The average molecular weight is 333 g/mol. The molecule has 9 heteroatoms. The molecular weight excluding hydrogens is 321 g/mol. The molecule has 2 aromatic rings. The fraction of sp³-hybridized carbons (Fsp3) is 0.286. The average Bonchev–Trinajstić information content (AvgIpc) is 2.79. The predicted octanol–water partition coefficient (Wildman–Crippen LogP) is 3.79. The van der Waals surface area contributed by atoms with E-state index in [-0.39, 0.29) is 0 Å². The van der Waals surface area contributed by atoms with Crippen molar-refractivity contribution < 1.29 is 26.7 Å². The number of halogens is 5. The molecule has 23 heavy (non-hydrogen) atoms. The molecule has 1 aromatic carbocycles. The lowest BCUT2D eigenvalue weighted by Gasteiger charge is -2.13. The van der Waals surface area contributed by atoms with E-state index < -0.39 is 42.0 Å². The number of carbonyl (C=O) groups is 1. The first kappa shape index (κ1) is 16.9. The molecule has 0 aliphatic carbocycles. The van der Waals surface area contributed by atoms with Crippen LogP contribution in [-0.4, -0.2) is 15.7 Å². The summed E-state index contributed by atoms with van der Waals surface area (Å²) in [4.78, 5) is 11.9. The summed E-state index contributed by atoms with van der Waals surface area (Å²) in [5.74, 6) is -0.797. The fourth-order valence-electron chi connectivity index (χ4n) is 1.97. The topological polar surface area (TPSA) is 46.9 Å². The molecule has 0 spiro atoms. The van der Waals surface area contributed by atoms with Gasteiger partial charge in [-0.15, -0.1) is 0 Å². The van der Waals surface area contributed by atoms with E-state index in [1.807, 2.05) is 0 Å². The van der Waals surface area contributed by atoms with Gasteiger partial charge in [-0.25, -0.2) is 8.78 Å². The normalized spacial score (nSPS) is 11.8. The largest absolute Gasteiger partial charge is 0.418 e. The fourth-order valence-corrected chi connectivity index (χ4v) is 1.97. The molecule has 0 radical (unpaired) electrons. The van der Waals surface area contributed by atoms with Crippen LogP contribution in [0.15, 0.2) is 30.3 Å². The van der Waals surface area contributed by atoms with Gasteiger partial charge in [-0.3, -0.25) is 9.48 Å². The number of aryl methyl sites for hydroxylation is 1. The Morgan fingerprint density at radius 2 is 1.96 bits per heavy atom. The van der Waals surface area contributed by atoms with Gasteiger partial charge in [-0.05, 0) is 25.1 Å². The number of nitrogens with zero attached hydrogens (tertiary/aromatic N) is 2. The second-order valence-corrected chi connectivity index (χ2v) is 4.76. The van der Waals surface area contributed by atoms with Crippen LogP contribution >= 0.6 is 0 Å². The summed E-state index contributed by atoms with van der Waals surface area (Å²) >= 11 is 0. The molecule has 0 unspecified atom stereocenters. The van der Waals surface area contributed by atoms with Crippen molar-refractivity contribution in [2.45, 2.75) is 26.1 Å². The zero-order valence-corrected chi connectivity index (χ0v) is 11.9. The molecule has 2 rings (SSSR count). The van der Waals surface area contributed by atoms with Gasteiger partial charge in [-0.2, -0.15) is 18.3 Å². The third kappa shape index (κ3) is 4.05. The van der Waals surface area contributed by atoms with Gasteiger partial charge in [0.15, 0.2) is 0 Å². The molecule has 0 bridgehead atoms.